The topological polar surface area (TPSA) is 59.0 Å². The summed E-state index contributed by atoms with van der Waals surface area (Å²) in [5.74, 6) is 1.03. The molecule has 0 N–H and O–H groups in total. The van der Waals surface area contributed by atoms with Crippen molar-refractivity contribution in [2.45, 2.75) is 0 Å². The van der Waals surface area contributed by atoms with E-state index in [0.29, 0.717) is 21.7 Å². The van der Waals surface area contributed by atoms with E-state index in [9.17, 15) is 5.26 Å². The van der Waals surface area contributed by atoms with E-state index in [1.807, 2.05) is 24.3 Å². The summed E-state index contributed by atoms with van der Waals surface area (Å²) in [4.78, 5) is 4.31. The van der Waals surface area contributed by atoms with Crippen LogP contribution in [0, 0.1) is 11.3 Å². The second-order valence-electron chi connectivity index (χ2n) is 4.57. The lowest BCUT2D eigenvalue weighted by Gasteiger charge is -1.99. The summed E-state index contributed by atoms with van der Waals surface area (Å²) in [7, 11) is 1.61. The molecule has 22 heavy (non-hydrogen) atoms. The zero-order valence-electron chi connectivity index (χ0n) is 11.7. The lowest BCUT2D eigenvalue weighted by atomic mass is 10.1. The van der Waals surface area contributed by atoms with E-state index >= 15 is 0 Å². The summed E-state index contributed by atoms with van der Waals surface area (Å²) >= 11 is 5.93. The van der Waals surface area contributed by atoms with Gasteiger partial charge in [0.15, 0.2) is 5.58 Å². The van der Waals surface area contributed by atoms with E-state index in [4.69, 9.17) is 20.8 Å². The Bertz CT molecular complexity index is 889. The molecule has 0 saturated heterocycles. The number of benzene rings is 2. The van der Waals surface area contributed by atoms with Crippen LogP contribution in [0.25, 0.3) is 22.7 Å². The summed E-state index contributed by atoms with van der Waals surface area (Å²) in [6, 6.07) is 14.6. The number of methoxy groups -OCH3 is 1. The Morgan fingerprint density at radius 2 is 2.05 bits per heavy atom. The smallest absolute Gasteiger partial charge is 0.238 e. The molecule has 108 valence electrons. The molecule has 0 unspecified atom stereocenters. The molecule has 0 aliphatic carbocycles. The van der Waals surface area contributed by atoms with E-state index < -0.39 is 0 Å². The first-order valence-corrected chi connectivity index (χ1v) is 6.90. The average molecular weight is 311 g/mol. The fourth-order valence-electron chi connectivity index (χ4n) is 2.02. The minimum Gasteiger partial charge on any atom is -0.497 e. The van der Waals surface area contributed by atoms with Crippen molar-refractivity contribution < 1.29 is 9.15 Å². The van der Waals surface area contributed by atoms with E-state index in [-0.39, 0.29) is 5.89 Å². The number of nitriles is 1. The molecule has 0 atom stereocenters. The number of hydrogen-bond donors (Lipinski definition) is 0. The number of ether oxygens (including phenoxy) is 1. The molecule has 2 aromatic carbocycles. The van der Waals surface area contributed by atoms with Crippen LogP contribution in [0.5, 0.6) is 5.75 Å². The highest BCUT2D eigenvalue weighted by atomic mass is 35.5. The van der Waals surface area contributed by atoms with Crippen LogP contribution < -0.4 is 4.74 Å². The van der Waals surface area contributed by atoms with Crippen molar-refractivity contribution in [3.05, 3.63) is 58.9 Å². The van der Waals surface area contributed by atoms with Crippen molar-refractivity contribution in [3.8, 4) is 11.8 Å². The van der Waals surface area contributed by atoms with Gasteiger partial charge in [-0.2, -0.15) is 5.26 Å². The fraction of sp³-hybridized carbons (Fsp3) is 0.0588. The van der Waals surface area contributed by atoms with E-state index in [1.54, 1.807) is 31.4 Å². The molecule has 5 heteroatoms. The van der Waals surface area contributed by atoms with E-state index in [2.05, 4.69) is 11.1 Å². The monoisotopic (exact) mass is 310 g/mol. The first kappa shape index (κ1) is 14.2. The minimum absolute atomic E-state index is 0.274. The highest BCUT2D eigenvalue weighted by Gasteiger charge is 2.11. The Balaban J connectivity index is 2.01. The van der Waals surface area contributed by atoms with E-state index in [0.717, 1.165) is 11.3 Å². The van der Waals surface area contributed by atoms with Gasteiger partial charge >= 0.3 is 0 Å². The van der Waals surface area contributed by atoms with Gasteiger partial charge in [0.1, 0.15) is 22.9 Å². The van der Waals surface area contributed by atoms with Crippen LogP contribution in [-0.2, 0) is 0 Å². The molecule has 4 nitrogen and oxygen atoms in total. The molecule has 0 saturated carbocycles. The number of aromatic nitrogens is 1. The van der Waals surface area contributed by atoms with Gasteiger partial charge in [-0.3, -0.25) is 0 Å². The zero-order valence-corrected chi connectivity index (χ0v) is 12.5. The number of fused-ring (bicyclic) bond motifs is 1. The van der Waals surface area contributed by atoms with Crippen molar-refractivity contribution in [2.24, 2.45) is 0 Å². The third kappa shape index (κ3) is 2.80. The Morgan fingerprint density at radius 3 is 2.73 bits per heavy atom. The van der Waals surface area contributed by atoms with Gasteiger partial charge in [-0.15, -0.1) is 0 Å². The molecule has 3 rings (SSSR count). The molecule has 0 bridgehead atoms. The molecule has 0 fully saturated rings. The maximum absolute atomic E-state index is 9.35. The first-order valence-electron chi connectivity index (χ1n) is 6.52. The number of allylic oxidation sites excluding steroid dienone is 1. The highest BCUT2D eigenvalue weighted by molar-refractivity contribution is 6.31. The number of halogens is 1. The van der Waals surface area contributed by atoms with Crippen molar-refractivity contribution in [2.75, 3.05) is 7.11 Å². The Morgan fingerprint density at radius 1 is 1.27 bits per heavy atom. The van der Waals surface area contributed by atoms with Gasteiger partial charge in [0.05, 0.1) is 7.11 Å². The standard InChI is InChI=1S/C17H11ClN2O2/c1-21-14-5-2-11(3-6-14)8-12(10-19)17-20-15-9-13(18)4-7-16(15)22-17/h2-9H,1H3/b12-8+. The number of oxazole rings is 1. The Hall–Kier alpha value is -2.77. The second kappa shape index (κ2) is 5.92. The second-order valence-corrected chi connectivity index (χ2v) is 5.01. The molecule has 0 amide bonds. The molecule has 0 aliphatic rings. The van der Waals surface area contributed by atoms with Crippen LogP contribution in [0.1, 0.15) is 11.5 Å². The third-order valence-corrected chi connectivity index (χ3v) is 3.36. The van der Waals surface area contributed by atoms with Crippen molar-refractivity contribution in [1.29, 1.82) is 5.26 Å². The van der Waals surface area contributed by atoms with Gasteiger partial charge in [0, 0.05) is 5.02 Å². The zero-order chi connectivity index (χ0) is 15.5. The molecule has 0 aliphatic heterocycles. The van der Waals surface area contributed by atoms with Crippen LogP contribution in [0.2, 0.25) is 5.02 Å². The van der Waals surface area contributed by atoms with Gasteiger partial charge in [-0.05, 0) is 42.0 Å². The summed E-state index contributed by atoms with van der Waals surface area (Å²) in [6.45, 7) is 0. The van der Waals surface area contributed by atoms with Crippen molar-refractivity contribution in [3.63, 3.8) is 0 Å². The average Bonchev–Trinajstić information content (AvgIpc) is 2.96. The van der Waals surface area contributed by atoms with Crippen LogP contribution in [0.15, 0.2) is 46.9 Å². The molecule has 3 aromatic rings. The van der Waals surface area contributed by atoms with Crippen molar-refractivity contribution >= 4 is 34.3 Å². The van der Waals surface area contributed by atoms with Crippen LogP contribution in [-0.4, -0.2) is 12.1 Å². The molecule has 0 radical (unpaired) electrons. The first-order chi connectivity index (χ1) is 10.7. The number of nitrogens with zero attached hydrogens (tertiary/aromatic N) is 2. The Labute approximate surface area is 132 Å². The molecular formula is C17H11ClN2O2. The maximum atomic E-state index is 9.35. The van der Waals surface area contributed by atoms with Crippen LogP contribution in [0.3, 0.4) is 0 Å². The molecule has 1 heterocycles. The lowest BCUT2D eigenvalue weighted by molar-refractivity contribution is 0.415. The highest BCUT2D eigenvalue weighted by Crippen LogP contribution is 2.25. The molecule has 1 aromatic heterocycles. The molecule has 0 spiro atoms. The predicted octanol–water partition coefficient (Wildman–Crippen LogP) is 4.55. The summed E-state index contributed by atoms with van der Waals surface area (Å²) in [5.41, 5.74) is 2.42. The maximum Gasteiger partial charge on any atom is 0.238 e. The van der Waals surface area contributed by atoms with Crippen molar-refractivity contribution in [1.82, 2.24) is 4.98 Å². The fourth-order valence-corrected chi connectivity index (χ4v) is 2.19. The number of hydrogen-bond acceptors (Lipinski definition) is 4. The third-order valence-electron chi connectivity index (χ3n) is 3.13. The van der Waals surface area contributed by atoms with Gasteiger partial charge in [0.25, 0.3) is 0 Å². The summed E-state index contributed by atoms with van der Waals surface area (Å²) in [5, 5.41) is 9.93. The van der Waals surface area contributed by atoms with Gasteiger partial charge in [-0.1, -0.05) is 23.7 Å². The van der Waals surface area contributed by atoms with E-state index in [1.165, 1.54) is 0 Å². The normalized spacial score (nSPS) is 11.4. The quantitative estimate of drug-likeness (QED) is 0.666. The van der Waals surface area contributed by atoms with Gasteiger partial charge < -0.3 is 9.15 Å². The van der Waals surface area contributed by atoms with Gasteiger partial charge in [-0.25, -0.2) is 4.98 Å². The summed E-state index contributed by atoms with van der Waals surface area (Å²) in [6.07, 6.45) is 1.71. The minimum atomic E-state index is 0.274. The number of rotatable bonds is 3. The lowest BCUT2D eigenvalue weighted by Crippen LogP contribution is -1.84. The summed E-state index contributed by atoms with van der Waals surface area (Å²) < 4.78 is 10.7. The largest absolute Gasteiger partial charge is 0.497 e. The Kier molecular flexibility index (Phi) is 3.82. The SMILES string of the molecule is COc1ccc(/C=C(\C#N)c2nc3cc(Cl)ccc3o2)cc1. The molecular weight excluding hydrogens is 300 g/mol. The predicted molar refractivity (Wildman–Crippen MR) is 85.5 cm³/mol. The van der Waals surface area contributed by atoms with Crippen LogP contribution >= 0.6 is 11.6 Å². The van der Waals surface area contributed by atoms with Gasteiger partial charge in [0.2, 0.25) is 5.89 Å². The van der Waals surface area contributed by atoms with Crippen LogP contribution in [0.4, 0.5) is 0 Å².